The highest BCUT2D eigenvalue weighted by Crippen LogP contribution is 2.12. The fourth-order valence-corrected chi connectivity index (χ4v) is 1.59. The predicted molar refractivity (Wildman–Crippen MR) is 78.6 cm³/mol. The molecule has 0 radical (unpaired) electrons. The maximum Gasteiger partial charge on any atom is 0.254 e. The predicted octanol–water partition coefficient (Wildman–Crippen LogP) is 1.01. The number of amides is 2. The van der Waals surface area contributed by atoms with Gasteiger partial charge in [-0.3, -0.25) is 14.6 Å². The van der Waals surface area contributed by atoms with Gasteiger partial charge in [-0.05, 0) is 18.9 Å². The van der Waals surface area contributed by atoms with Crippen LogP contribution in [0.4, 0.5) is 5.69 Å². The molecular formula is C14H22N4O2. The van der Waals surface area contributed by atoms with Crippen LogP contribution in [0.5, 0.6) is 0 Å². The molecule has 0 aliphatic rings. The molecule has 0 fully saturated rings. The van der Waals surface area contributed by atoms with Gasteiger partial charge in [-0.2, -0.15) is 0 Å². The Labute approximate surface area is 119 Å². The summed E-state index contributed by atoms with van der Waals surface area (Å²) < 4.78 is 0. The number of aromatic nitrogens is 1. The third-order valence-electron chi connectivity index (χ3n) is 2.76. The van der Waals surface area contributed by atoms with Crippen LogP contribution in [0.15, 0.2) is 18.5 Å². The molecule has 0 saturated heterocycles. The zero-order chi connectivity index (χ0) is 15.1. The number of nitrogens with zero attached hydrogens (tertiary/aromatic N) is 1. The number of carbonyl (C=O) groups is 2. The fourth-order valence-electron chi connectivity index (χ4n) is 1.59. The Balaban J connectivity index is 2.63. The molecule has 0 aromatic carbocycles. The maximum atomic E-state index is 12.1. The summed E-state index contributed by atoms with van der Waals surface area (Å²) in [7, 11) is 1.71. The van der Waals surface area contributed by atoms with E-state index in [9.17, 15) is 9.59 Å². The molecule has 1 unspecified atom stereocenters. The van der Waals surface area contributed by atoms with Crippen molar-refractivity contribution in [2.24, 2.45) is 5.92 Å². The highest BCUT2D eigenvalue weighted by Gasteiger charge is 2.18. The van der Waals surface area contributed by atoms with E-state index >= 15 is 0 Å². The molecule has 1 atom stereocenters. The van der Waals surface area contributed by atoms with Gasteiger partial charge in [-0.25, -0.2) is 0 Å². The topological polar surface area (TPSA) is 83.1 Å². The second-order valence-corrected chi connectivity index (χ2v) is 5.01. The van der Waals surface area contributed by atoms with Gasteiger partial charge in [0, 0.05) is 19.8 Å². The van der Waals surface area contributed by atoms with Crippen molar-refractivity contribution in [1.29, 1.82) is 0 Å². The zero-order valence-electron chi connectivity index (χ0n) is 12.4. The second-order valence-electron chi connectivity index (χ2n) is 5.01. The minimum absolute atomic E-state index is 0.188. The molecule has 1 aromatic rings. The average molecular weight is 278 g/mol. The molecule has 0 aliphatic heterocycles. The van der Waals surface area contributed by atoms with E-state index in [0.29, 0.717) is 23.7 Å². The van der Waals surface area contributed by atoms with Crippen molar-refractivity contribution in [3.8, 4) is 0 Å². The van der Waals surface area contributed by atoms with Crippen LogP contribution in [-0.4, -0.2) is 36.4 Å². The molecule has 20 heavy (non-hydrogen) atoms. The van der Waals surface area contributed by atoms with Crippen molar-refractivity contribution in [3.05, 3.63) is 24.0 Å². The number of hydrogen-bond donors (Lipinski definition) is 3. The normalized spacial score (nSPS) is 11.8. The maximum absolute atomic E-state index is 12.1. The zero-order valence-corrected chi connectivity index (χ0v) is 12.4. The lowest BCUT2D eigenvalue weighted by Crippen LogP contribution is -2.45. The summed E-state index contributed by atoms with van der Waals surface area (Å²) in [6.07, 6.45) is 3.11. The summed E-state index contributed by atoms with van der Waals surface area (Å²) in [6.45, 7) is 6.28. The molecule has 1 aromatic heterocycles. The van der Waals surface area contributed by atoms with Crippen molar-refractivity contribution in [2.75, 3.05) is 18.9 Å². The molecule has 0 saturated carbocycles. The third kappa shape index (κ3) is 4.53. The van der Waals surface area contributed by atoms with Gasteiger partial charge >= 0.3 is 0 Å². The first-order valence-corrected chi connectivity index (χ1v) is 6.66. The lowest BCUT2D eigenvalue weighted by molar-refractivity contribution is -0.122. The van der Waals surface area contributed by atoms with E-state index in [1.165, 1.54) is 0 Å². The van der Waals surface area contributed by atoms with Gasteiger partial charge in [-0.1, -0.05) is 13.8 Å². The molecular weight excluding hydrogens is 256 g/mol. The van der Waals surface area contributed by atoms with Gasteiger partial charge in [0.25, 0.3) is 5.91 Å². The van der Waals surface area contributed by atoms with Gasteiger partial charge in [0.15, 0.2) is 0 Å². The van der Waals surface area contributed by atoms with Crippen LogP contribution in [0.25, 0.3) is 0 Å². The Morgan fingerprint density at radius 1 is 1.30 bits per heavy atom. The molecule has 3 N–H and O–H groups in total. The molecule has 1 heterocycles. The first kappa shape index (κ1) is 15.9. The molecule has 6 nitrogen and oxygen atoms in total. The molecule has 0 aliphatic carbocycles. The van der Waals surface area contributed by atoms with Crippen LogP contribution in [0, 0.1) is 5.92 Å². The second kappa shape index (κ2) is 7.47. The van der Waals surface area contributed by atoms with Crippen LogP contribution in [0.3, 0.4) is 0 Å². The van der Waals surface area contributed by atoms with Crippen molar-refractivity contribution in [1.82, 2.24) is 15.6 Å². The van der Waals surface area contributed by atoms with Gasteiger partial charge in [-0.15, -0.1) is 0 Å². The minimum Gasteiger partial charge on any atom is -0.386 e. The molecule has 2 amide bonds. The number of pyridine rings is 1. The monoisotopic (exact) mass is 278 g/mol. The largest absolute Gasteiger partial charge is 0.386 e. The Kier molecular flexibility index (Phi) is 5.96. The van der Waals surface area contributed by atoms with Crippen LogP contribution in [0.1, 0.15) is 31.1 Å². The van der Waals surface area contributed by atoms with Gasteiger partial charge in [0.1, 0.15) is 6.04 Å². The smallest absolute Gasteiger partial charge is 0.254 e. The first-order chi connectivity index (χ1) is 9.45. The van der Waals surface area contributed by atoms with E-state index in [-0.39, 0.29) is 11.8 Å². The van der Waals surface area contributed by atoms with Crippen LogP contribution < -0.4 is 16.0 Å². The van der Waals surface area contributed by atoms with Gasteiger partial charge in [0.2, 0.25) is 5.91 Å². The van der Waals surface area contributed by atoms with E-state index in [4.69, 9.17) is 0 Å². The standard InChI is InChI=1S/C14H22N4O2/c1-9(2)7-17-13(19)10(3)18-14(20)11-5-6-16-8-12(11)15-4/h5-6,8-10,15H,7H2,1-4H3,(H,17,19)(H,18,20). The highest BCUT2D eigenvalue weighted by molar-refractivity contribution is 6.01. The van der Waals surface area contributed by atoms with Crippen molar-refractivity contribution >= 4 is 17.5 Å². The van der Waals surface area contributed by atoms with Gasteiger partial charge in [0.05, 0.1) is 17.4 Å². The number of nitrogens with one attached hydrogen (secondary N) is 3. The quantitative estimate of drug-likeness (QED) is 0.725. The summed E-state index contributed by atoms with van der Waals surface area (Å²) in [4.78, 5) is 27.9. The third-order valence-corrected chi connectivity index (χ3v) is 2.76. The van der Waals surface area contributed by atoms with Crippen LogP contribution in [-0.2, 0) is 4.79 Å². The summed E-state index contributed by atoms with van der Waals surface area (Å²) in [5, 5.41) is 8.36. The van der Waals surface area contributed by atoms with Crippen molar-refractivity contribution in [3.63, 3.8) is 0 Å². The molecule has 0 bridgehead atoms. The molecule has 6 heteroatoms. The van der Waals surface area contributed by atoms with E-state index in [2.05, 4.69) is 20.9 Å². The Hall–Kier alpha value is -2.11. The SMILES string of the molecule is CNc1cnccc1C(=O)NC(C)C(=O)NCC(C)C. The van der Waals surface area contributed by atoms with Crippen molar-refractivity contribution < 1.29 is 9.59 Å². The lowest BCUT2D eigenvalue weighted by atomic mass is 10.2. The average Bonchev–Trinajstić information content (AvgIpc) is 2.44. The van der Waals surface area contributed by atoms with Gasteiger partial charge < -0.3 is 16.0 Å². The van der Waals surface area contributed by atoms with E-state index in [1.807, 2.05) is 13.8 Å². The Bertz CT molecular complexity index is 474. The minimum atomic E-state index is -0.584. The lowest BCUT2D eigenvalue weighted by Gasteiger charge is -2.16. The van der Waals surface area contributed by atoms with Crippen molar-refractivity contribution in [2.45, 2.75) is 26.8 Å². The van der Waals surface area contributed by atoms with E-state index in [1.54, 1.807) is 32.4 Å². The van der Waals surface area contributed by atoms with E-state index < -0.39 is 6.04 Å². The summed E-state index contributed by atoms with van der Waals surface area (Å²) in [6, 6.07) is 1.03. The number of anilines is 1. The highest BCUT2D eigenvalue weighted by atomic mass is 16.2. The van der Waals surface area contributed by atoms with Crippen LogP contribution >= 0.6 is 0 Å². The summed E-state index contributed by atoms with van der Waals surface area (Å²) in [5.74, 6) is -0.117. The molecule has 110 valence electrons. The number of carbonyl (C=O) groups excluding carboxylic acids is 2. The Morgan fingerprint density at radius 2 is 2.00 bits per heavy atom. The number of hydrogen-bond acceptors (Lipinski definition) is 4. The summed E-state index contributed by atoms with van der Waals surface area (Å²) >= 11 is 0. The molecule has 1 rings (SSSR count). The fraction of sp³-hybridized carbons (Fsp3) is 0.500. The molecule has 0 spiro atoms. The van der Waals surface area contributed by atoms with Crippen LogP contribution in [0.2, 0.25) is 0 Å². The van der Waals surface area contributed by atoms with E-state index in [0.717, 1.165) is 0 Å². The summed E-state index contributed by atoms with van der Waals surface area (Å²) in [5.41, 5.74) is 1.09. The first-order valence-electron chi connectivity index (χ1n) is 6.66. The number of rotatable bonds is 6. The Morgan fingerprint density at radius 3 is 2.60 bits per heavy atom.